The number of thioether (sulfide) groups is 1. The fourth-order valence-corrected chi connectivity index (χ4v) is 2.38. The minimum Gasteiger partial charge on any atom is -0.324 e. The van der Waals surface area contributed by atoms with Gasteiger partial charge in [-0.25, -0.2) is 0 Å². The molecule has 2 heteroatoms. The summed E-state index contributed by atoms with van der Waals surface area (Å²) < 4.78 is 0. The Morgan fingerprint density at radius 3 is 2.12 bits per heavy atom. The lowest BCUT2D eigenvalue weighted by Crippen LogP contribution is -2.14. The van der Waals surface area contributed by atoms with Crippen molar-refractivity contribution in [2.24, 2.45) is 11.7 Å². The van der Waals surface area contributed by atoms with Crippen molar-refractivity contribution in [1.82, 2.24) is 0 Å². The first-order valence-corrected chi connectivity index (χ1v) is 7.33. The van der Waals surface area contributed by atoms with E-state index in [1.54, 1.807) is 11.8 Å². The van der Waals surface area contributed by atoms with Crippen LogP contribution in [-0.2, 0) is 0 Å². The van der Waals surface area contributed by atoms with E-state index >= 15 is 0 Å². The van der Waals surface area contributed by atoms with Gasteiger partial charge in [0.2, 0.25) is 0 Å². The third-order valence-electron chi connectivity index (χ3n) is 3.29. The topological polar surface area (TPSA) is 26.0 Å². The molecule has 0 aliphatic heterocycles. The Morgan fingerprint density at radius 1 is 1.12 bits per heavy atom. The Morgan fingerprint density at radius 2 is 1.69 bits per heavy atom. The highest BCUT2D eigenvalue weighted by Crippen LogP contribution is 2.24. The maximum Gasteiger partial charge on any atom is 0.0297 e. The minimum absolute atomic E-state index is 0.195. The van der Waals surface area contributed by atoms with Crippen LogP contribution in [-0.4, -0.2) is 6.26 Å². The van der Waals surface area contributed by atoms with E-state index in [0.717, 1.165) is 12.3 Å². The molecule has 1 unspecified atom stereocenters. The average Bonchev–Trinajstić information content (AvgIpc) is 2.35. The van der Waals surface area contributed by atoms with Gasteiger partial charge < -0.3 is 5.73 Å². The van der Waals surface area contributed by atoms with Gasteiger partial charge in [0.15, 0.2) is 0 Å². The maximum absolute atomic E-state index is 6.23. The Balaban J connectivity index is 2.61. The predicted molar refractivity (Wildman–Crippen MR) is 73.8 cm³/mol. The average molecular weight is 237 g/mol. The van der Waals surface area contributed by atoms with Gasteiger partial charge in [0.1, 0.15) is 0 Å². The lowest BCUT2D eigenvalue weighted by molar-refractivity contribution is 0.414. The van der Waals surface area contributed by atoms with E-state index in [0.29, 0.717) is 0 Å². The van der Waals surface area contributed by atoms with Crippen LogP contribution in [0.2, 0.25) is 0 Å². The molecule has 0 bridgehead atoms. The molecule has 1 nitrogen and oxygen atoms in total. The summed E-state index contributed by atoms with van der Waals surface area (Å²) in [6, 6.07) is 8.85. The second-order valence-electron chi connectivity index (χ2n) is 4.30. The van der Waals surface area contributed by atoms with E-state index in [4.69, 9.17) is 5.73 Å². The molecule has 0 radical (unpaired) electrons. The molecular weight excluding hydrogens is 214 g/mol. The van der Waals surface area contributed by atoms with Gasteiger partial charge in [-0.05, 0) is 36.3 Å². The highest BCUT2D eigenvalue weighted by atomic mass is 32.2. The second kappa shape index (κ2) is 6.97. The molecule has 0 aromatic heterocycles. The van der Waals surface area contributed by atoms with Crippen molar-refractivity contribution >= 4 is 11.8 Å². The Hall–Kier alpha value is -0.470. The first kappa shape index (κ1) is 13.6. The Kier molecular flexibility index (Phi) is 5.93. The van der Waals surface area contributed by atoms with Gasteiger partial charge in [-0.3, -0.25) is 0 Å². The zero-order valence-electron chi connectivity index (χ0n) is 10.6. The van der Waals surface area contributed by atoms with Crippen LogP contribution in [0.3, 0.4) is 0 Å². The molecule has 1 aromatic carbocycles. The highest BCUT2D eigenvalue weighted by molar-refractivity contribution is 7.98. The van der Waals surface area contributed by atoms with Crippen LogP contribution in [0.1, 0.15) is 44.7 Å². The smallest absolute Gasteiger partial charge is 0.0297 e. The molecule has 0 aliphatic carbocycles. The number of rotatable bonds is 6. The number of hydrogen-bond donors (Lipinski definition) is 1. The standard InChI is InChI=1S/C14H23NS/c1-4-11(5-2)10-14(15)12-6-8-13(16-3)9-7-12/h6-9,11,14H,4-5,10,15H2,1-3H3. The third-order valence-corrected chi connectivity index (χ3v) is 4.03. The molecule has 0 aliphatic rings. The van der Waals surface area contributed by atoms with Crippen molar-refractivity contribution < 1.29 is 0 Å². The van der Waals surface area contributed by atoms with E-state index < -0.39 is 0 Å². The van der Waals surface area contributed by atoms with Crippen LogP contribution < -0.4 is 5.73 Å². The van der Waals surface area contributed by atoms with Crippen LogP contribution in [0.25, 0.3) is 0 Å². The lowest BCUT2D eigenvalue weighted by atomic mass is 9.92. The summed E-state index contributed by atoms with van der Waals surface area (Å²) >= 11 is 1.77. The van der Waals surface area contributed by atoms with Crippen molar-refractivity contribution in [3.05, 3.63) is 29.8 Å². The summed E-state index contributed by atoms with van der Waals surface area (Å²) in [7, 11) is 0. The zero-order valence-corrected chi connectivity index (χ0v) is 11.4. The van der Waals surface area contributed by atoms with Crippen molar-refractivity contribution in [3.63, 3.8) is 0 Å². The largest absolute Gasteiger partial charge is 0.324 e. The van der Waals surface area contributed by atoms with Gasteiger partial charge in [0.05, 0.1) is 0 Å². The summed E-state index contributed by atoms with van der Waals surface area (Å²) in [5.41, 5.74) is 7.50. The molecular formula is C14H23NS. The molecule has 0 saturated heterocycles. The molecule has 1 aromatic rings. The first-order valence-electron chi connectivity index (χ1n) is 6.10. The van der Waals surface area contributed by atoms with E-state index in [1.807, 2.05) is 0 Å². The van der Waals surface area contributed by atoms with Gasteiger partial charge in [0, 0.05) is 10.9 Å². The molecule has 0 amide bonds. The molecule has 0 fully saturated rings. The Labute approximate surface area is 104 Å². The fourth-order valence-electron chi connectivity index (χ4n) is 1.97. The molecule has 0 saturated carbocycles. The van der Waals surface area contributed by atoms with E-state index in [2.05, 4.69) is 44.4 Å². The van der Waals surface area contributed by atoms with Crippen LogP contribution in [0.15, 0.2) is 29.2 Å². The highest BCUT2D eigenvalue weighted by Gasteiger charge is 2.11. The van der Waals surface area contributed by atoms with E-state index in [-0.39, 0.29) is 6.04 Å². The van der Waals surface area contributed by atoms with Crippen LogP contribution in [0.5, 0.6) is 0 Å². The summed E-state index contributed by atoms with van der Waals surface area (Å²) in [5.74, 6) is 0.759. The zero-order chi connectivity index (χ0) is 12.0. The minimum atomic E-state index is 0.195. The summed E-state index contributed by atoms with van der Waals surface area (Å²) in [6.07, 6.45) is 5.66. The van der Waals surface area contributed by atoms with Crippen LogP contribution >= 0.6 is 11.8 Å². The number of nitrogens with two attached hydrogens (primary N) is 1. The van der Waals surface area contributed by atoms with Crippen LogP contribution in [0, 0.1) is 5.92 Å². The summed E-state index contributed by atoms with van der Waals surface area (Å²) in [4.78, 5) is 1.30. The van der Waals surface area contributed by atoms with Gasteiger partial charge in [-0.15, -0.1) is 11.8 Å². The molecule has 1 rings (SSSR count). The van der Waals surface area contributed by atoms with Crippen LogP contribution in [0.4, 0.5) is 0 Å². The molecule has 2 N–H and O–H groups in total. The lowest BCUT2D eigenvalue weighted by Gasteiger charge is -2.18. The first-order chi connectivity index (χ1) is 7.71. The maximum atomic E-state index is 6.23. The quantitative estimate of drug-likeness (QED) is 0.749. The molecule has 1 atom stereocenters. The second-order valence-corrected chi connectivity index (χ2v) is 5.18. The van der Waals surface area contributed by atoms with Crippen molar-refractivity contribution in [2.75, 3.05) is 6.26 Å². The third kappa shape index (κ3) is 3.84. The van der Waals surface area contributed by atoms with Gasteiger partial charge in [-0.2, -0.15) is 0 Å². The van der Waals surface area contributed by atoms with Gasteiger partial charge in [-0.1, -0.05) is 38.8 Å². The van der Waals surface area contributed by atoms with Crippen molar-refractivity contribution in [3.8, 4) is 0 Å². The summed E-state index contributed by atoms with van der Waals surface area (Å²) in [5, 5.41) is 0. The van der Waals surface area contributed by atoms with E-state index in [1.165, 1.54) is 23.3 Å². The monoisotopic (exact) mass is 237 g/mol. The predicted octanol–water partition coefficient (Wildman–Crippen LogP) is 4.23. The van der Waals surface area contributed by atoms with Gasteiger partial charge >= 0.3 is 0 Å². The fraction of sp³-hybridized carbons (Fsp3) is 0.571. The Bertz CT molecular complexity index is 290. The SMILES string of the molecule is CCC(CC)CC(N)c1ccc(SC)cc1. The van der Waals surface area contributed by atoms with Crippen molar-refractivity contribution in [1.29, 1.82) is 0 Å². The van der Waals surface area contributed by atoms with Gasteiger partial charge in [0.25, 0.3) is 0 Å². The number of benzene rings is 1. The summed E-state index contributed by atoms with van der Waals surface area (Å²) in [6.45, 7) is 4.50. The van der Waals surface area contributed by atoms with Crippen molar-refractivity contribution in [2.45, 2.75) is 44.0 Å². The number of hydrogen-bond acceptors (Lipinski definition) is 2. The van der Waals surface area contributed by atoms with E-state index in [9.17, 15) is 0 Å². The normalized spacial score (nSPS) is 13.1. The molecule has 0 heterocycles. The molecule has 90 valence electrons. The molecule has 16 heavy (non-hydrogen) atoms. The molecule has 0 spiro atoms.